The van der Waals surface area contributed by atoms with E-state index in [1.54, 1.807) is 0 Å². The van der Waals surface area contributed by atoms with E-state index in [1.165, 1.54) is 12.8 Å². The quantitative estimate of drug-likeness (QED) is 0.837. The van der Waals surface area contributed by atoms with Crippen molar-refractivity contribution >= 4 is 17.5 Å². The molecule has 0 bridgehead atoms. The summed E-state index contributed by atoms with van der Waals surface area (Å²) in [6.07, 6.45) is 4.59. The lowest BCUT2D eigenvalue weighted by atomic mass is 9.85. The molecule has 0 saturated heterocycles. The van der Waals surface area contributed by atoms with Crippen LogP contribution in [0.5, 0.6) is 0 Å². The van der Waals surface area contributed by atoms with Crippen molar-refractivity contribution in [2.24, 2.45) is 5.92 Å². The van der Waals surface area contributed by atoms with Gasteiger partial charge < -0.3 is 5.32 Å². The molecule has 0 aromatic heterocycles. The molecule has 3 heteroatoms. The minimum atomic E-state index is 0.0446. The molecule has 1 aliphatic rings. The second kappa shape index (κ2) is 6.42. The lowest BCUT2D eigenvalue weighted by Gasteiger charge is -2.31. The van der Waals surface area contributed by atoms with Gasteiger partial charge in [-0.25, -0.2) is 0 Å². The van der Waals surface area contributed by atoms with Crippen LogP contribution in [0.1, 0.15) is 47.2 Å². The molecule has 19 heavy (non-hydrogen) atoms. The first-order valence-corrected chi connectivity index (χ1v) is 7.59. The van der Waals surface area contributed by atoms with E-state index >= 15 is 0 Å². The molecule has 1 aromatic carbocycles. The summed E-state index contributed by atoms with van der Waals surface area (Å²) >= 11 is 6.01. The molecule has 2 atom stereocenters. The molecule has 1 aliphatic carbocycles. The second-order valence-electron chi connectivity index (χ2n) is 5.60. The van der Waals surface area contributed by atoms with Crippen LogP contribution in [-0.4, -0.2) is 17.8 Å². The van der Waals surface area contributed by atoms with Crippen molar-refractivity contribution < 1.29 is 4.79 Å². The van der Waals surface area contributed by atoms with Gasteiger partial charge in [0.25, 0.3) is 5.91 Å². The number of carbonyl (C=O) groups excluding carboxylic acids is 1. The number of nitrogens with one attached hydrogen (secondary N) is 1. The predicted molar refractivity (Wildman–Crippen MR) is 79.8 cm³/mol. The average Bonchev–Trinajstić information content (AvgIpc) is 2.42. The van der Waals surface area contributed by atoms with E-state index in [4.69, 9.17) is 11.6 Å². The molecule has 2 rings (SSSR count). The van der Waals surface area contributed by atoms with Gasteiger partial charge in [0.2, 0.25) is 0 Å². The van der Waals surface area contributed by atoms with Gasteiger partial charge in [0.15, 0.2) is 0 Å². The number of rotatable bonds is 3. The van der Waals surface area contributed by atoms with Gasteiger partial charge in [-0.2, -0.15) is 0 Å². The normalized spacial score (nSPS) is 23.1. The number of hydrogen-bond acceptors (Lipinski definition) is 1. The molecule has 1 fully saturated rings. The third kappa shape index (κ3) is 3.50. The third-order valence-electron chi connectivity index (χ3n) is 4.06. The number of halogens is 1. The summed E-state index contributed by atoms with van der Waals surface area (Å²) in [4.78, 5) is 12.4. The van der Waals surface area contributed by atoms with Crippen LogP contribution in [0.2, 0.25) is 0 Å². The Balaban J connectivity index is 2.09. The van der Waals surface area contributed by atoms with Crippen molar-refractivity contribution in [2.75, 3.05) is 5.88 Å². The fourth-order valence-electron chi connectivity index (χ4n) is 2.81. The van der Waals surface area contributed by atoms with E-state index in [0.717, 1.165) is 29.5 Å². The van der Waals surface area contributed by atoms with Gasteiger partial charge in [-0.15, -0.1) is 11.6 Å². The molecular weight excluding hydrogens is 258 g/mol. The number of amides is 1. The molecule has 0 spiro atoms. The molecule has 2 nitrogen and oxygen atoms in total. The summed E-state index contributed by atoms with van der Waals surface area (Å²) in [6.45, 7) is 3.99. The minimum absolute atomic E-state index is 0.0446. The van der Waals surface area contributed by atoms with Crippen molar-refractivity contribution in [1.29, 1.82) is 0 Å². The molecule has 0 heterocycles. The van der Waals surface area contributed by atoms with Crippen molar-refractivity contribution in [3.8, 4) is 0 Å². The molecular formula is C16H22ClNO. The Morgan fingerprint density at radius 3 is 2.79 bits per heavy atom. The highest BCUT2D eigenvalue weighted by Gasteiger charge is 2.26. The molecule has 1 saturated carbocycles. The van der Waals surface area contributed by atoms with E-state index in [2.05, 4.69) is 5.32 Å². The molecule has 0 radical (unpaired) electrons. The Kier molecular flexibility index (Phi) is 4.87. The third-order valence-corrected chi connectivity index (χ3v) is 4.46. The topological polar surface area (TPSA) is 29.1 Å². The van der Waals surface area contributed by atoms with Crippen molar-refractivity contribution in [3.05, 3.63) is 34.9 Å². The maximum absolute atomic E-state index is 12.4. The lowest BCUT2D eigenvalue weighted by Crippen LogP contribution is -2.43. The van der Waals surface area contributed by atoms with Crippen LogP contribution in [0.15, 0.2) is 18.2 Å². The molecule has 1 aromatic rings. The first-order chi connectivity index (χ1) is 9.11. The Morgan fingerprint density at radius 1 is 1.32 bits per heavy atom. The summed E-state index contributed by atoms with van der Waals surface area (Å²) in [7, 11) is 0. The van der Waals surface area contributed by atoms with Crippen LogP contribution in [-0.2, 0) is 0 Å². The number of alkyl halides is 1. The van der Waals surface area contributed by atoms with Crippen LogP contribution in [0.25, 0.3) is 0 Å². The second-order valence-corrected chi connectivity index (χ2v) is 5.91. The predicted octanol–water partition coefficient (Wildman–Crippen LogP) is 3.83. The number of hydrogen-bond donors (Lipinski definition) is 1. The SMILES string of the molecule is Cc1ccc(C)c(C(=O)NC2CCCCC2CCl)c1. The van der Waals surface area contributed by atoms with E-state index in [-0.39, 0.29) is 11.9 Å². The highest BCUT2D eigenvalue weighted by atomic mass is 35.5. The van der Waals surface area contributed by atoms with E-state index in [1.807, 2.05) is 32.0 Å². The monoisotopic (exact) mass is 279 g/mol. The van der Waals surface area contributed by atoms with E-state index < -0.39 is 0 Å². The van der Waals surface area contributed by atoms with Crippen LogP contribution in [0.4, 0.5) is 0 Å². The summed E-state index contributed by atoms with van der Waals surface area (Å²) < 4.78 is 0. The molecule has 104 valence electrons. The standard InChI is InChI=1S/C16H22ClNO/c1-11-7-8-12(2)14(9-11)16(19)18-15-6-4-3-5-13(15)10-17/h7-9,13,15H,3-6,10H2,1-2H3,(H,18,19). The van der Waals surface area contributed by atoms with Gasteiger partial charge in [0.1, 0.15) is 0 Å². The summed E-state index contributed by atoms with van der Waals surface area (Å²) in [5, 5.41) is 3.18. The Hall–Kier alpha value is -1.02. The Bertz CT molecular complexity index is 458. The molecule has 2 unspecified atom stereocenters. The highest BCUT2D eigenvalue weighted by molar-refractivity contribution is 6.18. The summed E-state index contributed by atoms with van der Waals surface area (Å²) in [5.74, 6) is 1.10. The van der Waals surface area contributed by atoms with Crippen molar-refractivity contribution in [1.82, 2.24) is 5.32 Å². The number of aryl methyl sites for hydroxylation is 2. The largest absolute Gasteiger partial charge is 0.349 e. The van der Waals surface area contributed by atoms with Gasteiger partial charge in [-0.1, -0.05) is 30.5 Å². The Morgan fingerprint density at radius 2 is 2.05 bits per heavy atom. The fraction of sp³-hybridized carbons (Fsp3) is 0.562. The van der Waals surface area contributed by atoms with Gasteiger partial charge in [-0.05, 0) is 44.2 Å². The van der Waals surface area contributed by atoms with E-state index in [9.17, 15) is 4.79 Å². The van der Waals surface area contributed by atoms with Crippen molar-refractivity contribution in [2.45, 2.75) is 45.6 Å². The first kappa shape index (κ1) is 14.4. The molecule has 1 N–H and O–H groups in total. The van der Waals surface area contributed by atoms with Crippen LogP contribution in [0.3, 0.4) is 0 Å². The first-order valence-electron chi connectivity index (χ1n) is 7.06. The van der Waals surface area contributed by atoms with Crippen molar-refractivity contribution in [3.63, 3.8) is 0 Å². The van der Waals surface area contributed by atoms with Crippen LogP contribution < -0.4 is 5.32 Å². The maximum atomic E-state index is 12.4. The van der Waals surface area contributed by atoms with Crippen LogP contribution in [0, 0.1) is 19.8 Å². The summed E-state index contributed by atoms with van der Waals surface area (Å²) in [5.41, 5.74) is 2.94. The van der Waals surface area contributed by atoms with Crippen LogP contribution >= 0.6 is 11.6 Å². The van der Waals surface area contributed by atoms with Gasteiger partial charge >= 0.3 is 0 Å². The Labute approximate surface area is 120 Å². The smallest absolute Gasteiger partial charge is 0.251 e. The number of carbonyl (C=O) groups is 1. The zero-order valence-corrected chi connectivity index (χ0v) is 12.5. The van der Waals surface area contributed by atoms with E-state index in [0.29, 0.717) is 11.8 Å². The zero-order chi connectivity index (χ0) is 13.8. The summed E-state index contributed by atoms with van der Waals surface area (Å²) in [6, 6.07) is 6.24. The lowest BCUT2D eigenvalue weighted by molar-refractivity contribution is 0.0910. The highest BCUT2D eigenvalue weighted by Crippen LogP contribution is 2.26. The number of benzene rings is 1. The molecule has 0 aliphatic heterocycles. The van der Waals surface area contributed by atoms with Gasteiger partial charge in [-0.3, -0.25) is 4.79 Å². The maximum Gasteiger partial charge on any atom is 0.251 e. The molecule has 1 amide bonds. The van der Waals surface area contributed by atoms with Gasteiger partial charge in [0, 0.05) is 17.5 Å². The minimum Gasteiger partial charge on any atom is -0.349 e. The zero-order valence-electron chi connectivity index (χ0n) is 11.7. The fourth-order valence-corrected chi connectivity index (χ4v) is 3.18. The average molecular weight is 280 g/mol. The van der Waals surface area contributed by atoms with Gasteiger partial charge in [0.05, 0.1) is 0 Å².